The van der Waals surface area contributed by atoms with Gasteiger partial charge in [0, 0.05) is 5.92 Å². The fourth-order valence-electron chi connectivity index (χ4n) is 3.47. The SMILES string of the molecule is CC=CC=CC(c1c(O)c2ccccc2oc1=O)c1c(O)c2ccccc2oc1=O. The Balaban J connectivity index is 2.07. The molecule has 150 valence electrons. The van der Waals surface area contributed by atoms with Crippen molar-refractivity contribution >= 4 is 21.9 Å². The molecule has 0 amide bonds. The summed E-state index contributed by atoms with van der Waals surface area (Å²) in [6.45, 7) is 1.81. The van der Waals surface area contributed by atoms with Crippen LogP contribution in [0.5, 0.6) is 11.5 Å². The average Bonchev–Trinajstić information content (AvgIpc) is 2.73. The van der Waals surface area contributed by atoms with Crippen LogP contribution in [0.2, 0.25) is 0 Å². The maximum absolute atomic E-state index is 12.8. The van der Waals surface area contributed by atoms with Crippen molar-refractivity contribution < 1.29 is 19.0 Å². The molecule has 2 heterocycles. The van der Waals surface area contributed by atoms with Gasteiger partial charge in [-0.25, -0.2) is 9.59 Å². The van der Waals surface area contributed by atoms with Crippen molar-refractivity contribution in [2.75, 3.05) is 0 Å². The summed E-state index contributed by atoms with van der Waals surface area (Å²) in [5, 5.41) is 22.4. The lowest BCUT2D eigenvalue weighted by molar-refractivity contribution is 0.443. The number of aromatic hydroxyl groups is 2. The predicted octanol–water partition coefficient (Wildman–Crippen LogP) is 4.57. The van der Waals surface area contributed by atoms with Crippen molar-refractivity contribution in [3.63, 3.8) is 0 Å². The van der Waals surface area contributed by atoms with Gasteiger partial charge >= 0.3 is 11.3 Å². The monoisotopic (exact) mass is 402 g/mol. The molecule has 6 heteroatoms. The van der Waals surface area contributed by atoms with Gasteiger partial charge in [0.2, 0.25) is 0 Å². The van der Waals surface area contributed by atoms with Gasteiger partial charge in [-0.1, -0.05) is 48.6 Å². The van der Waals surface area contributed by atoms with Crippen LogP contribution in [0.4, 0.5) is 0 Å². The number of rotatable bonds is 4. The van der Waals surface area contributed by atoms with Crippen molar-refractivity contribution in [3.05, 3.63) is 105 Å². The summed E-state index contributed by atoms with van der Waals surface area (Å²) in [6.07, 6.45) is 6.61. The van der Waals surface area contributed by atoms with E-state index in [0.29, 0.717) is 10.8 Å². The highest BCUT2D eigenvalue weighted by Gasteiger charge is 2.29. The van der Waals surface area contributed by atoms with E-state index in [9.17, 15) is 19.8 Å². The van der Waals surface area contributed by atoms with Gasteiger partial charge < -0.3 is 19.0 Å². The highest BCUT2D eigenvalue weighted by atomic mass is 16.4. The third-order valence-electron chi connectivity index (χ3n) is 4.87. The fraction of sp³-hybridized carbons (Fsp3) is 0.0833. The molecule has 0 aliphatic rings. The number of hydrogen-bond donors (Lipinski definition) is 2. The van der Waals surface area contributed by atoms with E-state index < -0.39 is 17.2 Å². The second-order valence-corrected chi connectivity index (χ2v) is 6.68. The summed E-state index contributed by atoms with van der Waals surface area (Å²) in [5.74, 6) is -1.73. The van der Waals surface area contributed by atoms with Crippen molar-refractivity contribution in [2.45, 2.75) is 12.8 Å². The topological polar surface area (TPSA) is 101 Å². The van der Waals surface area contributed by atoms with E-state index in [-0.39, 0.29) is 33.8 Å². The quantitative estimate of drug-likeness (QED) is 0.383. The van der Waals surface area contributed by atoms with E-state index in [1.165, 1.54) is 6.08 Å². The van der Waals surface area contributed by atoms with Crippen LogP contribution < -0.4 is 11.3 Å². The average molecular weight is 402 g/mol. The molecule has 2 N–H and O–H groups in total. The summed E-state index contributed by atoms with van der Waals surface area (Å²) in [6, 6.07) is 13.1. The van der Waals surface area contributed by atoms with Crippen LogP contribution in [0.3, 0.4) is 0 Å². The molecule has 0 saturated heterocycles. The Morgan fingerprint density at radius 3 is 1.70 bits per heavy atom. The molecule has 0 spiro atoms. The molecule has 0 unspecified atom stereocenters. The lowest BCUT2D eigenvalue weighted by atomic mass is 9.90. The minimum Gasteiger partial charge on any atom is -0.507 e. The molecule has 0 aliphatic heterocycles. The van der Waals surface area contributed by atoms with Crippen LogP contribution in [-0.4, -0.2) is 10.2 Å². The van der Waals surface area contributed by atoms with E-state index in [2.05, 4.69) is 0 Å². The Morgan fingerprint density at radius 1 is 0.767 bits per heavy atom. The first-order valence-corrected chi connectivity index (χ1v) is 9.31. The summed E-state index contributed by atoms with van der Waals surface area (Å²) >= 11 is 0. The minimum atomic E-state index is -1.09. The highest BCUT2D eigenvalue weighted by molar-refractivity contribution is 5.86. The molecule has 2 aromatic heterocycles. The molecule has 0 bridgehead atoms. The first-order valence-electron chi connectivity index (χ1n) is 9.31. The summed E-state index contributed by atoms with van der Waals surface area (Å²) in [4.78, 5) is 25.6. The Labute approximate surface area is 170 Å². The third kappa shape index (κ3) is 3.18. The second kappa shape index (κ2) is 7.75. The Bertz CT molecular complexity index is 1320. The summed E-state index contributed by atoms with van der Waals surface area (Å²) in [5.41, 5.74) is -1.51. The number of hydrogen-bond acceptors (Lipinski definition) is 6. The van der Waals surface area contributed by atoms with E-state index in [0.717, 1.165) is 0 Å². The summed E-state index contributed by atoms with van der Waals surface area (Å²) < 4.78 is 10.7. The van der Waals surface area contributed by atoms with Gasteiger partial charge in [0.15, 0.2) is 0 Å². The molecule has 0 radical (unpaired) electrons. The number of allylic oxidation sites excluding steroid dienone is 4. The Kier molecular flexibility index (Phi) is 4.98. The molecular formula is C24H18O6. The standard InChI is InChI=1S/C24H18O6/c1-2-3-4-11-16(19-21(25)14-9-5-7-12-17(14)29-23(19)27)20-22(26)15-10-6-8-13-18(15)30-24(20)28/h2-13,16,25-26H,1H3. The zero-order chi connectivity index (χ0) is 21.3. The van der Waals surface area contributed by atoms with E-state index in [1.54, 1.807) is 66.8 Å². The lowest BCUT2D eigenvalue weighted by Crippen LogP contribution is -2.19. The van der Waals surface area contributed by atoms with Gasteiger partial charge in [-0.2, -0.15) is 0 Å². The molecule has 0 fully saturated rings. The number of fused-ring (bicyclic) bond motifs is 2. The molecule has 30 heavy (non-hydrogen) atoms. The van der Waals surface area contributed by atoms with Gasteiger partial charge in [0.1, 0.15) is 22.7 Å². The van der Waals surface area contributed by atoms with Gasteiger partial charge in [0.25, 0.3) is 0 Å². The highest BCUT2D eigenvalue weighted by Crippen LogP contribution is 2.39. The fourth-order valence-corrected chi connectivity index (χ4v) is 3.47. The maximum atomic E-state index is 12.8. The van der Waals surface area contributed by atoms with Crippen LogP contribution in [0.25, 0.3) is 21.9 Å². The molecular weight excluding hydrogens is 384 g/mol. The van der Waals surface area contributed by atoms with Crippen molar-refractivity contribution in [3.8, 4) is 11.5 Å². The molecule has 2 aromatic carbocycles. The first-order chi connectivity index (χ1) is 14.5. The van der Waals surface area contributed by atoms with E-state index >= 15 is 0 Å². The van der Waals surface area contributed by atoms with Crippen LogP contribution in [0.15, 0.2) is 91.3 Å². The zero-order valence-corrected chi connectivity index (χ0v) is 16.0. The second-order valence-electron chi connectivity index (χ2n) is 6.68. The zero-order valence-electron chi connectivity index (χ0n) is 16.0. The molecule has 4 aromatic rings. The maximum Gasteiger partial charge on any atom is 0.344 e. The van der Waals surface area contributed by atoms with Gasteiger partial charge in [0.05, 0.1) is 21.9 Å². The largest absolute Gasteiger partial charge is 0.507 e. The van der Waals surface area contributed by atoms with Gasteiger partial charge in [-0.05, 0) is 31.2 Å². The third-order valence-corrected chi connectivity index (χ3v) is 4.87. The smallest absolute Gasteiger partial charge is 0.344 e. The van der Waals surface area contributed by atoms with Gasteiger partial charge in [-0.15, -0.1) is 0 Å². The number of benzene rings is 2. The van der Waals surface area contributed by atoms with Crippen LogP contribution in [0, 0.1) is 0 Å². The normalized spacial score (nSPS) is 12.1. The Hall–Kier alpha value is -4.06. The van der Waals surface area contributed by atoms with E-state index in [4.69, 9.17) is 8.83 Å². The van der Waals surface area contributed by atoms with Crippen LogP contribution >= 0.6 is 0 Å². The van der Waals surface area contributed by atoms with Crippen LogP contribution in [0.1, 0.15) is 24.0 Å². The van der Waals surface area contributed by atoms with Gasteiger partial charge in [-0.3, -0.25) is 0 Å². The molecule has 0 saturated carbocycles. The number of para-hydroxylation sites is 2. The first kappa shape index (κ1) is 19.3. The molecule has 0 atom stereocenters. The van der Waals surface area contributed by atoms with Crippen molar-refractivity contribution in [2.24, 2.45) is 0 Å². The summed E-state index contributed by atoms with van der Waals surface area (Å²) in [7, 11) is 0. The van der Waals surface area contributed by atoms with E-state index in [1.807, 2.05) is 6.92 Å². The minimum absolute atomic E-state index is 0.160. The Morgan fingerprint density at radius 2 is 1.23 bits per heavy atom. The lowest BCUT2D eigenvalue weighted by Gasteiger charge is -2.16. The van der Waals surface area contributed by atoms with Crippen LogP contribution in [-0.2, 0) is 0 Å². The van der Waals surface area contributed by atoms with Crippen molar-refractivity contribution in [1.29, 1.82) is 0 Å². The predicted molar refractivity (Wildman–Crippen MR) is 114 cm³/mol. The molecule has 4 rings (SSSR count). The molecule has 0 aliphatic carbocycles. The van der Waals surface area contributed by atoms with Crippen molar-refractivity contribution in [1.82, 2.24) is 0 Å². The molecule has 6 nitrogen and oxygen atoms in total.